The molecule has 0 spiro atoms. The Morgan fingerprint density at radius 2 is 2.00 bits per heavy atom. The molecule has 1 heterocycles. The highest BCUT2D eigenvalue weighted by Crippen LogP contribution is 2.32. The maximum absolute atomic E-state index is 12.6. The average Bonchev–Trinajstić information content (AvgIpc) is 2.64. The van der Waals surface area contributed by atoms with Crippen molar-refractivity contribution in [2.75, 3.05) is 0 Å². The number of halogens is 1. The Morgan fingerprint density at radius 1 is 1.23 bits per heavy atom. The molecule has 0 bridgehead atoms. The first-order chi connectivity index (χ1) is 10.5. The second kappa shape index (κ2) is 5.46. The van der Waals surface area contributed by atoms with E-state index in [-0.39, 0.29) is 12.4 Å². The summed E-state index contributed by atoms with van der Waals surface area (Å²) in [4.78, 5) is 23.7. The van der Waals surface area contributed by atoms with Crippen molar-refractivity contribution in [1.29, 1.82) is 0 Å². The lowest BCUT2D eigenvalue weighted by Gasteiger charge is -2.11. The van der Waals surface area contributed by atoms with E-state index >= 15 is 0 Å². The minimum Gasteiger partial charge on any atom is -0.488 e. The van der Waals surface area contributed by atoms with E-state index in [2.05, 4.69) is 0 Å². The minimum atomic E-state index is -0.921. The standard InChI is InChI=1S/C17H13ClO4/c1-9(17(20)21)10-3-5-13-15(6-10)22-8-11-2-4-12(18)7-14(11)16(13)19/h2-7,9H,8H2,1H3,(H,20,21). The summed E-state index contributed by atoms with van der Waals surface area (Å²) >= 11 is 5.97. The van der Waals surface area contributed by atoms with Gasteiger partial charge in [0.05, 0.1) is 11.5 Å². The topological polar surface area (TPSA) is 63.6 Å². The van der Waals surface area contributed by atoms with Crippen molar-refractivity contribution in [2.45, 2.75) is 19.4 Å². The van der Waals surface area contributed by atoms with E-state index in [1.165, 1.54) is 0 Å². The van der Waals surface area contributed by atoms with Gasteiger partial charge >= 0.3 is 5.97 Å². The summed E-state index contributed by atoms with van der Waals surface area (Å²) < 4.78 is 5.70. The molecule has 3 rings (SSSR count). The molecule has 0 aliphatic carbocycles. The van der Waals surface area contributed by atoms with Gasteiger partial charge in [-0.25, -0.2) is 0 Å². The predicted octanol–water partition coefficient (Wildman–Crippen LogP) is 3.65. The third-order valence-corrected chi connectivity index (χ3v) is 4.06. The van der Waals surface area contributed by atoms with Gasteiger partial charge in [-0.15, -0.1) is 0 Å². The number of carbonyl (C=O) groups is 2. The van der Waals surface area contributed by atoms with Crippen molar-refractivity contribution < 1.29 is 19.4 Å². The highest BCUT2D eigenvalue weighted by Gasteiger charge is 2.24. The van der Waals surface area contributed by atoms with E-state index in [0.717, 1.165) is 5.56 Å². The van der Waals surface area contributed by atoms with E-state index in [1.54, 1.807) is 43.3 Å². The van der Waals surface area contributed by atoms with Crippen molar-refractivity contribution in [3.05, 3.63) is 63.7 Å². The molecule has 0 saturated carbocycles. The fourth-order valence-electron chi connectivity index (χ4n) is 2.44. The van der Waals surface area contributed by atoms with Gasteiger partial charge in [-0.3, -0.25) is 9.59 Å². The number of hydrogen-bond donors (Lipinski definition) is 1. The van der Waals surface area contributed by atoms with Crippen LogP contribution in [0.4, 0.5) is 0 Å². The molecule has 1 aliphatic heterocycles. The Balaban J connectivity index is 2.07. The van der Waals surface area contributed by atoms with Crippen LogP contribution in [0.5, 0.6) is 5.75 Å². The fourth-order valence-corrected chi connectivity index (χ4v) is 2.62. The lowest BCUT2D eigenvalue weighted by atomic mass is 9.95. The van der Waals surface area contributed by atoms with E-state index < -0.39 is 11.9 Å². The van der Waals surface area contributed by atoms with E-state index in [0.29, 0.717) is 27.5 Å². The van der Waals surface area contributed by atoms with Gasteiger partial charge in [0.2, 0.25) is 0 Å². The molecule has 0 amide bonds. The number of carboxylic acids is 1. The summed E-state index contributed by atoms with van der Waals surface area (Å²) in [6.07, 6.45) is 0. The number of fused-ring (bicyclic) bond motifs is 2. The Kier molecular flexibility index (Phi) is 3.62. The summed E-state index contributed by atoms with van der Waals surface area (Å²) in [5.41, 5.74) is 2.30. The zero-order valence-corrected chi connectivity index (χ0v) is 12.6. The van der Waals surface area contributed by atoms with Crippen LogP contribution in [0, 0.1) is 0 Å². The van der Waals surface area contributed by atoms with Gasteiger partial charge in [0.25, 0.3) is 0 Å². The molecule has 0 radical (unpaired) electrons. The van der Waals surface area contributed by atoms with Crippen LogP contribution in [0.2, 0.25) is 5.02 Å². The normalized spacial score (nSPS) is 14.4. The first-order valence-electron chi connectivity index (χ1n) is 6.80. The van der Waals surface area contributed by atoms with Crippen LogP contribution in [-0.2, 0) is 11.4 Å². The molecule has 2 aromatic rings. The molecule has 1 atom stereocenters. The van der Waals surface area contributed by atoms with Crippen LogP contribution >= 0.6 is 11.6 Å². The van der Waals surface area contributed by atoms with Crippen LogP contribution in [0.1, 0.15) is 39.9 Å². The first-order valence-corrected chi connectivity index (χ1v) is 7.18. The molecular weight excluding hydrogens is 304 g/mol. The Hall–Kier alpha value is -2.33. The van der Waals surface area contributed by atoms with E-state index in [4.69, 9.17) is 21.4 Å². The molecule has 5 heteroatoms. The van der Waals surface area contributed by atoms with Gasteiger partial charge in [0, 0.05) is 16.1 Å². The third-order valence-electron chi connectivity index (χ3n) is 3.82. The van der Waals surface area contributed by atoms with Crippen molar-refractivity contribution in [1.82, 2.24) is 0 Å². The molecule has 22 heavy (non-hydrogen) atoms. The Labute approximate surface area is 132 Å². The molecular formula is C17H13ClO4. The van der Waals surface area contributed by atoms with Crippen molar-refractivity contribution in [2.24, 2.45) is 0 Å². The molecule has 112 valence electrons. The molecule has 0 fully saturated rings. The Morgan fingerprint density at radius 3 is 2.73 bits per heavy atom. The van der Waals surface area contributed by atoms with E-state index in [9.17, 15) is 9.59 Å². The highest BCUT2D eigenvalue weighted by molar-refractivity contribution is 6.31. The number of rotatable bonds is 2. The van der Waals surface area contributed by atoms with Gasteiger partial charge in [0.15, 0.2) is 5.78 Å². The van der Waals surface area contributed by atoms with Gasteiger partial charge < -0.3 is 9.84 Å². The minimum absolute atomic E-state index is 0.167. The number of hydrogen-bond acceptors (Lipinski definition) is 3. The summed E-state index contributed by atoms with van der Waals surface area (Å²) in [5, 5.41) is 9.59. The van der Waals surface area contributed by atoms with Crippen LogP contribution in [0.25, 0.3) is 0 Å². The summed E-state index contributed by atoms with van der Waals surface area (Å²) in [6.45, 7) is 1.84. The largest absolute Gasteiger partial charge is 0.488 e. The lowest BCUT2D eigenvalue weighted by Crippen LogP contribution is -2.08. The zero-order valence-electron chi connectivity index (χ0n) is 11.8. The molecule has 2 aromatic carbocycles. The quantitative estimate of drug-likeness (QED) is 0.918. The highest BCUT2D eigenvalue weighted by atomic mass is 35.5. The molecule has 1 aliphatic rings. The predicted molar refractivity (Wildman–Crippen MR) is 81.7 cm³/mol. The van der Waals surface area contributed by atoms with Crippen LogP contribution < -0.4 is 4.74 Å². The molecule has 1 N–H and O–H groups in total. The van der Waals surface area contributed by atoms with E-state index in [1.807, 2.05) is 0 Å². The van der Waals surface area contributed by atoms with Gasteiger partial charge in [0.1, 0.15) is 12.4 Å². The zero-order chi connectivity index (χ0) is 15.9. The van der Waals surface area contributed by atoms with Crippen LogP contribution in [-0.4, -0.2) is 16.9 Å². The molecule has 0 aromatic heterocycles. The lowest BCUT2D eigenvalue weighted by molar-refractivity contribution is -0.138. The third kappa shape index (κ3) is 2.46. The number of aliphatic carboxylic acids is 1. The summed E-state index contributed by atoms with van der Waals surface area (Å²) in [7, 11) is 0. The van der Waals surface area contributed by atoms with Crippen molar-refractivity contribution in [3.63, 3.8) is 0 Å². The number of benzene rings is 2. The molecule has 1 unspecified atom stereocenters. The van der Waals surface area contributed by atoms with Crippen molar-refractivity contribution >= 4 is 23.4 Å². The van der Waals surface area contributed by atoms with Gasteiger partial charge in [-0.2, -0.15) is 0 Å². The maximum atomic E-state index is 12.6. The fraction of sp³-hybridized carbons (Fsp3) is 0.176. The number of ether oxygens (including phenoxy) is 1. The Bertz CT molecular complexity index is 782. The van der Waals surface area contributed by atoms with Crippen LogP contribution in [0.15, 0.2) is 36.4 Å². The average molecular weight is 317 g/mol. The molecule has 4 nitrogen and oxygen atoms in total. The smallest absolute Gasteiger partial charge is 0.310 e. The molecule has 0 saturated heterocycles. The first kappa shape index (κ1) is 14.6. The summed E-state index contributed by atoms with van der Waals surface area (Å²) in [6, 6.07) is 10.00. The monoisotopic (exact) mass is 316 g/mol. The SMILES string of the molecule is CC(C(=O)O)c1ccc2c(c1)OCc1ccc(Cl)cc1C2=O. The van der Waals surface area contributed by atoms with Crippen LogP contribution in [0.3, 0.4) is 0 Å². The van der Waals surface area contributed by atoms with Gasteiger partial charge in [-0.05, 0) is 36.8 Å². The summed E-state index contributed by atoms with van der Waals surface area (Å²) in [5.74, 6) is -1.35. The van der Waals surface area contributed by atoms with Gasteiger partial charge in [-0.1, -0.05) is 23.7 Å². The number of carbonyl (C=O) groups excluding carboxylic acids is 1. The number of carboxylic acid groups (broad SMARTS) is 1. The number of ketones is 1. The second-order valence-corrected chi connectivity index (χ2v) is 5.67. The van der Waals surface area contributed by atoms with Crippen molar-refractivity contribution in [3.8, 4) is 5.75 Å². The maximum Gasteiger partial charge on any atom is 0.310 e. The second-order valence-electron chi connectivity index (χ2n) is 5.23.